The van der Waals surface area contributed by atoms with E-state index in [1.54, 1.807) is 0 Å². The van der Waals surface area contributed by atoms with Gasteiger partial charge in [-0.25, -0.2) is 0 Å². The third-order valence-electron chi connectivity index (χ3n) is 20.4. The number of benzene rings is 14. The van der Waals surface area contributed by atoms with Crippen LogP contribution in [0.3, 0.4) is 0 Å². The van der Waals surface area contributed by atoms with Crippen molar-refractivity contribution in [2.24, 2.45) is 0 Å². The average Bonchev–Trinajstić information content (AvgIpc) is 1.56. The lowest BCUT2D eigenvalue weighted by Gasteiger charge is -2.43. The van der Waals surface area contributed by atoms with Crippen molar-refractivity contribution < 1.29 is 0 Å². The third kappa shape index (κ3) is 6.65. The van der Waals surface area contributed by atoms with E-state index >= 15 is 0 Å². The Bertz CT molecular complexity index is 5030. The summed E-state index contributed by atoms with van der Waals surface area (Å²) in [7, 11) is 0. The molecule has 2 heteroatoms. The van der Waals surface area contributed by atoms with Gasteiger partial charge in [0, 0.05) is 22.2 Å². The Morgan fingerprint density at radius 2 is 0.621 bits per heavy atom. The van der Waals surface area contributed by atoms with Crippen LogP contribution < -0.4 is 9.80 Å². The zero-order chi connectivity index (χ0) is 57.9. The molecule has 0 radical (unpaired) electrons. The molecule has 18 rings (SSSR count). The minimum absolute atomic E-state index is 0.354. The van der Waals surface area contributed by atoms with Crippen molar-refractivity contribution in [2.75, 3.05) is 9.80 Å². The van der Waals surface area contributed by atoms with Crippen molar-refractivity contribution >= 4 is 66.4 Å². The smallest absolute Gasteiger partial charge is 0.0731 e. The normalized spacial score (nSPS) is 16.0. The van der Waals surface area contributed by atoms with Crippen LogP contribution in [-0.2, 0) is 16.2 Å². The van der Waals surface area contributed by atoms with Crippen molar-refractivity contribution in [3.05, 3.63) is 336 Å². The van der Waals surface area contributed by atoms with Crippen molar-refractivity contribution in [3.63, 3.8) is 0 Å². The molecular formula is C85H60N2. The van der Waals surface area contributed by atoms with Crippen LogP contribution in [0.15, 0.2) is 291 Å². The van der Waals surface area contributed by atoms with Gasteiger partial charge in [0.2, 0.25) is 0 Å². The summed E-state index contributed by atoms with van der Waals surface area (Å²) in [5, 5.41) is 7.47. The summed E-state index contributed by atoms with van der Waals surface area (Å²) in [4.78, 5) is 4.98. The summed E-state index contributed by atoms with van der Waals surface area (Å²) in [6, 6.07) is 110. The number of rotatable bonds is 5. The first-order chi connectivity index (χ1) is 42.7. The summed E-state index contributed by atoms with van der Waals surface area (Å²) >= 11 is 0. The monoisotopic (exact) mass is 1110 g/mol. The van der Waals surface area contributed by atoms with Crippen LogP contribution in [0.2, 0.25) is 0 Å². The Hall–Kier alpha value is -10.5. The fourth-order valence-corrected chi connectivity index (χ4v) is 17.0. The van der Waals surface area contributed by atoms with E-state index in [0.29, 0.717) is 0 Å². The lowest BCUT2D eigenvalue weighted by Crippen LogP contribution is -2.31. The number of hydrogen-bond donors (Lipinski definition) is 0. The number of anilines is 6. The minimum atomic E-state index is -0.559. The SMILES string of the molecule is CC1(C)c2ccccc2N(c2ccccc2)c2cccc(-c3cccc4c(-c5cccc6c5-c5ccccc5C65c6ccccc6-c6ccc7ccccc7c65)c5cccc(-c6cccc7c6C(C)(C)c6ccccc6N7c6ccccc6)c5cc34)c21. The Balaban J connectivity index is 0.972. The Labute approximate surface area is 508 Å². The topological polar surface area (TPSA) is 6.48 Å². The predicted octanol–water partition coefficient (Wildman–Crippen LogP) is 22.7. The number of nitrogens with zero attached hydrogens (tertiary/aromatic N) is 2. The summed E-state index contributed by atoms with van der Waals surface area (Å²) in [5.74, 6) is 0. The molecule has 0 bridgehead atoms. The zero-order valence-electron chi connectivity index (χ0n) is 49.1. The lowest BCUT2D eigenvalue weighted by atomic mass is 9.69. The van der Waals surface area contributed by atoms with E-state index in [1.165, 1.54) is 155 Å². The second-order valence-electron chi connectivity index (χ2n) is 25.4. The fraction of sp³-hybridized carbons (Fsp3) is 0.0824. The van der Waals surface area contributed by atoms with E-state index in [-0.39, 0.29) is 10.8 Å². The molecule has 0 N–H and O–H groups in total. The second-order valence-corrected chi connectivity index (χ2v) is 25.4. The minimum Gasteiger partial charge on any atom is -0.310 e. The first-order valence-electron chi connectivity index (χ1n) is 30.8. The van der Waals surface area contributed by atoms with Gasteiger partial charge in [-0.05, 0) is 187 Å². The van der Waals surface area contributed by atoms with Gasteiger partial charge in [0.1, 0.15) is 0 Å². The molecule has 0 amide bonds. The van der Waals surface area contributed by atoms with Crippen LogP contribution in [0.25, 0.3) is 88.0 Å². The summed E-state index contributed by atoms with van der Waals surface area (Å²) in [6.45, 7) is 9.73. The molecule has 4 aliphatic rings. The highest BCUT2D eigenvalue weighted by Gasteiger charge is 2.53. The molecule has 1 spiro atoms. The molecule has 1 unspecified atom stereocenters. The molecule has 2 nitrogen and oxygen atoms in total. The number of para-hydroxylation sites is 4. The molecule has 0 saturated carbocycles. The van der Waals surface area contributed by atoms with Crippen molar-refractivity contribution in [2.45, 2.75) is 43.9 Å². The lowest BCUT2D eigenvalue weighted by molar-refractivity contribution is 0.633. The summed E-state index contributed by atoms with van der Waals surface area (Å²) in [5.41, 5.74) is 29.1. The fourth-order valence-electron chi connectivity index (χ4n) is 17.0. The van der Waals surface area contributed by atoms with Crippen molar-refractivity contribution in [1.82, 2.24) is 0 Å². The van der Waals surface area contributed by atoms with E-state index in [0.717, 1.165) is 11.4 Å². The van der Waals surface area contributed by atoms with Crippen molar-refractivity contribution in [1.29, 1.82) is 0 Å². The summed E-state index contributed by atoms with van der Waals surface area (Å²) in [6.07, 6.45) is 0. The van der Waals surface area contributed by atoms with Gasteiger partial charge >= 0.3 is 0 Å². The standard InChI is InChI=1S/C85H60N2/c1-83(2)71-43-17-19-46-74(71)86(54-27-7-5-8-28-54)76-48-24-38-62(81(76)83)57-34-21-36-60-67(57)52-68-58(63-39-25-49-77-82(63)84(3,4)72-44-18-20-47-75(72)87(77)55-29-9-6-10-30-55)35-22-37-61(68)78(60)66-40-23-45-73-79(66)65-33-14-16-42-70(65)85(73)69-41-15-13-32-59(69)64-51-50-53-26-11-12-31-56(53)80(64)85/h5-52H,1-4H3. The van der Waals surface area contributed by atoms with Gasteiger partial charge < -0.3 is 9.80 Å². The van der Waals surface area contributed by atoms with E-state index in [1.807, 2.05) is 0 Å². The predicted molar refractivity (Wildman–Crippen MR) is 365 cm³/mol. The van der Waals surface area contributed by atoms with Gasteiger partial charge in [-0.15, -0.1) is 0 Å². The Kier molecular flexibility index (Phi) is 10.4. The first-order valence-corrected chi connectivity index (χ1v) is 30.8. The maximum atomic E-state index is 2.57. The van der Waals surface area contributed by atoms with Gasteiger partial charge in [0.05, 0.1) is 28.2 Å². The van der Waals surface area contributed by atoms with Gasteiger partial charge in [-0.3, -0.25) is 0 Å². The van der Waals surface area contributed by atoms with Crippen LogP contribution in [0, 0.1) is 0 Å². The number of fused-ring (bicyclic) bond motifs is 18. The van der Waals surface area contributed by atoms with E-state index in [2.05, 4.69) is 329 Å². The molecule has 87 heavy (non-hydrogen) atoms. The van der Waals surface area contributed by atoms with E-state index < -0.39 is 5.41 Å². The first kappa shape index (κ1) is 49.8. The van der Waals surface area contributed by atoms with Crippen molar-refractivity contribution in [3.8, 4) is 55.6 Å². The summed E-state index contributed by atoms with van der Waals surface area (Å²) < 4.78 is 0. The van der Waals surface area contributed by atoms with E-state index in [9.17, 15) is 0 Å². The van der Waals surface area contributed by atoms with Crippen LogP contribution in [0.4, 0.5) is 34.1 Å². The van der Waals surface area contributed by atoms with Crippen LogP contribution in [0.1, 0.15) is 72.2 Å². The molecule has 410 valence electrons. The molecule has 2 heterocycles. The molecule has 14 aromatic rings. The van der Waals surface area contributed by atoms with Gasteiger partial charge in [-0.2, -0.15) is 0 Å². The second kappa shape index (κ2) is 18.2. The van der Waals surface area contributed by atoms with Crippen LogP contribution in [-0.4, -0.2) is 0 Å². The van der Waals surface area contributed by atoms with Gasteiger partial charge in [-0.1, -0.05) is 264 Å². The average molecular weight is 1110 g/mol. The van der Waals surface area contributed by atoms with E-state index in [4.69, 9.17) is 0 Å². The Morgan fingerprint density at radius 3 is 1.21 bits per heavy atom. The molecule has 1 atom stereocenters. The highest BCUT2D eigenvalue weighted by molar-refractivity contribution is 6.22. The maximum absolute atomic E-state index is 2.57. The molecule has 2 aliphatic carbocycles. The number of hydrogen-bond acceptors (Lipinski definition) is 2. The highest BCUT2D eigenvalue weighted by atomic mass is 15.2. The largest absolute Gasteiger partial charge is 0.310 e. The molecule has 0 saturated heterocycles. The molecule has 0 aromatic heterocycles. The Morgan fingerprint density at radius 1 is 0.230 bits per heavy atom. The molecule has 14 aromatic carbocycles. The maximum Gasteiger partial charge on any atom is 0.0731 e. The highest BCUT2D eigenvalue weighted by Crippen LogP contribution is 2.66. The van der Waals surface area contributed by atoms with Gasteiger partial charge in [0.25, 0.3) is 0 Å². The molecule has 0 fully saturated rings. The third-order valence-corrected chi connectivity index (χ3v) is 20.4. The van der Waals surface area contributed by atoms with Gasteiger partial charge in [0.15, 0.2) is 0 Å². The van der Waals surface area contributed by atoms with Crippen LogP contribution in [0.5, 0.6) is 0 Å². The zero-order valence-corrected chi connectivity index (χ0v) is 49.1. The quantitative estimate of drug-likeness (QED) is 0.159. The van der Waals surface area contributed by atoms with Crippen LogP contribution >= 0.6 is 0 Å². The molecule has 2 aliphatic heterocycles. The molecular weight excluding hydrogens is 1050 g/mol.